The van der Waals surface area contributed by atoms with E-state index in [1.807, 2.05) is 0 Å². The number of rotatable bonds is 21. The Morgan fingerprint density at radius 2 is 0.962 bits per heavy atom. The molecule has 0 aliphatic heterocycles. The molecule has 3 heteroatoms. The van der Waals surface area contributed by atoms with Crippen molar-refractivity contribution in [1.82, 2.24) is 4.90 Å². The molecule has 156 valence electrons. The van der Waals surface area contributed by atoms with Crippen LogP contribution in [-0.4, -0.2) is 36.1 Å². The lowest BCUT2D eigenvalue weighted by atomic mass is 10.0. The summed E-state index contributed by atoms with van der Waals surface area (Å²) in [6, 6.07) is 0. The van der Waals surface area contributed by atoms with Gasteiger partial charge in [0.2, 0.25) is 0 Å². The summed E-state index contributed by atoms with van der Waals surface area (Å²) in [5.41, 5.74) is 0. The van der Waals surface area contributed by atoms with E-state index >= 15 is 0 Å². The number of aliphatic carboxylic acids is 1. The number of carboxylic acid groups (broad SMARTS) is 1. The molecule has 0 atom stereocenters. The molecule has 1 N–H and O–H groups in total. The molecule has 0 spiro atoms. The Kier molecular flexibility index (Phi) is 20.3. The zero-order valence-electron chi connectivity index (χ0n) is 17.9. The zero-order valence-corrected chi connectivity index (χ0v) is 17.9. The molecule has 0 bridgehead atoms. The van der Waals surface area contributed by atoms with Gasteiger partial charge in [0, 0.05) is 6.42 Å². The molecule has 0 aliphatic rings. The Morgan fingerprint density at radius 3 is 1.35 bits per heavy atom. The molecule has 0 radical (unpaired) electrons. The predicted octanol–water partition coefficient (Wildman–Crippen LogP) is 7.04. The maximum atomic E-state index is 10.5. The third-order valence-electron chi connectivity index (χ3n) is 5.32. The first-order chi connectivity index (χ1) is 12.7. The van der Waals surface area contributed by atoms with E-state index in [2.05, 4.69) is 18.9 Å². The largest absolute Gasteiger partial charge is 0.481 e. The topological polar surface area (TPSA) is 40.5 Å². The van der Waals surface area contributed by atoms with E-state index < -0.39 is 5.97 Å². The lowest BCUT2D eigenvalue weighted by molar-refractivity contribution is -0.137. The number of unbranched alkanes of at least 4 members (excludes halogenated alkanes) is 15. The number of nitrogens with zero attached hydrogens (tertiary/aromatic N) is 1. The lowest BCUT2D eigenvalue weighted by Crippen LogP contribution is -2.21. The number of hydrogen-bond acceptors (Lipinski definition) is 2. The Balaban J connectivity index is 3.10. The molecule has 0 saturated heterocycles. The van der Waals surface area contributed by atoms with Crippen LogP contribution in [0.4, 0.5) is 0 Å². The second-order valence-electron chi connectivity index (χ2n) is 8.10. The van der Waals surface area contributed by atoms with Crippen LogP contribution < -0.4 is 0 Å². The lowest BCUT2D eigenvalue weighted by Gasteiger charge is -2.15. The Bertz CT molecular complexity index is 294. The quantitative estimate of drug-likeness (QED) is 0.220. The van der Waals surface area contributed by atoms with Crippen LogP contribution in [-0.2, 0) is 4.79 Å². The molecular formula is C23H47NO2. The standard InChI is InChI=1S/C23H47NO2/c1-3-4-5-6-7-8-9-10-11-12-13-14-15-16-17-18-21-24(2)22-19-20-23(25)26/h3-22H2,1-2H3,(H,25,26). The Hall–Kier alpha value is -0.570. The van der Waals surface area contributed by atoms with Crippen molar-refractivity contribution in [3.05, 3.63) is 0 Å². The molecule has 3 nitrogen and oxygen atoms in total. The van der Waals surface area contributed by atoms with Gasteiger partial charge in [-0.1, -0.05) is 103 Å². The molecule has 0 aromatic heterocycles. The van der Waals surface area contributed by atoms with Crippen molar-refractivity contribution in [2.45, 2.75) is 122 Å². The molecule has 0 unspecified atom stereocenters. The average molecular weight is 370 g/mol. The van der Waals surface area contributed by atoms with Crippen molar-refractivity contribution in [2.75, 3.05) is 20.1 Å². The molecule has 0 fully saturated rings. The summed E-state index contributed by atoms with van der Waals surface area (Å²) in [5, 5.41) is 8.63. The van der Waals surface area contributed by atoms with Gasteiger partial charge in [0.15, 0.2) is 0 Å². The van der Waals surface area contributed by atoms with Crippen LogP contribution in [0.15, 0.2) is 0 Å². The summed E-state index contributed by atoms with van der Waals surface area (Å²) in [5.74, 6) is -0.680. The Labute approximate surface area is 163 Å². The van der Waals surface area contributed by atoms with E-state index in [0.29, 0.717) is 6.42 Å². The van der Waals surface area contributed by atoms with E-state index in [0.717, 1.165) is 19.5 Å². The van der Waals surface area contributed by atoms with Crippen LogP contribution in [0.25, 0.3) is 0 Å². The molecule has 26 heavy (non-hydrogen) atoms. The van der Waals surface area contributed by atoms with Crippen LogP contribution in [0, 0.1) is 0 Å². The van der Waals surface area contributed by atoms with Gasteiger partial charge in [0.25, 0.3) is 0 Å². The fourth-order valence-electron chi connectivity index (χ4n) is 3.54. The van der Waals surface area contributed by atoms with Gasteiger partial charge in [0.1, 0.15) is 0 Å². The molecule has 0 heterocycles. The maximum Gasteiger partial charge on any atom is 0.303 e. The molecule has 0 aromatic rings. The maximum absolute atomic E-state index is 10.5. The second kappa shape index (κ2) is 20.7. The summed E-state index contributed by atoms with van der Waals surface area (Å²) in [6.07, 6.45) is 23.6. The molecule has 0 aliphatic carbocycles. The van der Waals surface area contributed by atoms with Crippen molar-refractivity contribution in [3.8, 4) is 0 Å². The van der Waals surface area contributed by atoms with Crippen LogP contribution >= 0.6 is 0 Å². The third kappa shape index (κ3) is 21.5. The summed E-state index contributed by atoms with van der Waals surface area (Å²) in [4.78, 5) is 12.7. The van der Waals surface area contributed by atoms with Crippen LogP contribution in [0.2, 0.25) is 0 Å². The first kappa shape index (κ1) is 25.4. The molecule has 0 rings (SSSR count). The molecule has 0 aromatic carbocycles. The monoisotopic (exact) mass is 369 g/mol. The molecular weight excluding hydrogens is 322 g/mol. The van der Waals surface area contributed by atoms with Gasteiger partial charge in [-0.15, -0.1) is 0 Å². The number of carbonyl (C=O) groups is 1. The minimum Gasteiger partial charge on any atom is -0.481 e. The molecule has 0 amide bonds. The van der Waals surface area contributed by atoms with Gasteiger partial charge in [0.05, 0.1) is 0 Å². The van der Waals surface area contributed by atoms with Crippen molar-refractivity contribution >= 4 is 5.97 Å². The molecule has 0 saturated carbocycles. The van der Waals surface area contributed by atoms with Crippen LogP contribution in [0.1, 0.15) is 122 Å². The average Bonchev–Trinajstić information content (AvgIpc) is 2.61. The second-order valence-corrected chi connectivity index (χ2v) is 8.10. The van der Waals surface area contributed by atoms with Gasteiger partial charge < -0.3 is 10.0 Å². The normalized spacial score (nSPS) is 11.3. The summed E-state index contributed by atoms with van der Waals surface area (Å²) in [6.45, 7) is 4.30. The zero-order chi connectivity index (χ0) is 19.3. The van der Waals surface area contributed by atoms with E-state index in [-0.39, 0.29) is 0 Å². The van der Waals surface area contributed by atoms with E-state index in [9.17, 15) is 4.79 Å². The third-order valence-corrected chi connectivity index (χ3v) is 5.32. The van der Waals surface area contributed by atoms with Gasteiger partial charge in [-0.3, -0.25) is 4.79 Å². The summed E-state index contributed by atoms with van der Waals surface area (Å²) < 4.78 is 0. The van der Waals surface area contributed by atoms with Crippen molar-refractivity contribution in [2.24, 2.45) is 0 Å². The van der Waals surface area contributed by atoms with Crippen molar-refractivity contribution < 1.29 is 9.90 Å². The minimum absolute atomic E-state index is 0.295. The van der Waals surface area contributed by atoms with Gasteiger partial charge in [-0.25, -0.2) is 0 Å². The van der Waals surface area contributed by atoms with Crippen LogP contribution in [0.3, 0.4) is 0 Å². The minimum atomic E-state index is -0.680. The number of hydrogen-bond donors (Lipinski definition) is 1. The fraction of sp³-hybridized carbons (Fsp3) is 0.957. The fourth-order valence-corrected chi connectivity index (χ4v) is 3.54. The van der Waals surface area contributed by atoms with Crippen molar-refractivity contribution in [3.63, 3.8) is 0 Å². The SMILES string of the molecule is CCCCCCCCCCCCCCCCCCN(C)CCCC(=O)O. The highest BCUT2D eigenvalue weighted by atomic mass is 16.4. The predicted molar refractivity (Wildman–Crippen MR) is 114 cm³/mol. The highest BCUT2D eigenvalue weighted by molar-refractivity contribution is 5.66. The number of carboxylic acids is 1. The highest BCUT2D eigenvalue weighted by Crippen LogP contribution is 2.13. The highest BCUT2D eigenvalue weighted by Gasteiger charge is 2.01. The smallest absolute Gasteiger partial charge is 0.303 e. The van der Waals surface area contributed by atoms with Gasteiger partial charge in [-0.05, 0) is 33.0 Å². The summed E-state index contributed by atoms with van der Waals surface area (Å²) >= 11 is 0. The Morgan fingerprint density at radius 1 is 0.615 bits per heavy atom. The van der Waals surface area contributed by atoms with E-state index in [4.69, 9.17) is 5.11 Å². The van der Waals surface area contributed by atoms with Gasteiger partial charge >= 0.3 is 5.97 Å². The van der Waals surface area contributed by atoms with Crippen LogP contribution in [0.5, 0.6) is 0 Å². The van der Waals surface area contributed by atoms with E-state index in [1.165, 1.54) is 103 Å². The first-order valence-electron chi connectivity index (χ1n) is 11.6. The van der Waals surface area contributed by atoms with E-state index in [1.54, 1.807) is 0 Å². The van der Waals surface area contributed by atoms with Gasteiger partial charge in [-0.2, -0.15) is 0 Å². The summed E-state index contributed by atoms with van der Waals surface area (Å²) in [7, 11) is 2.10. The van der Waals surface area contributed by atoms with Crippen molar-refractivity contribution in [1.29, 1.82) is 0 Å². The first-order valence-corrected chi connectivity index (χ1v) is 11.6.